The van der Waals surface area contributed by atoms with Crippen LogP contribution in [0.2, 0.25) is 5.02 Å². The standard InChI is InChI=1S/C14H10ClF4N5OS/c1-2-24-12(14(17,18)19)21-22-13(24)26-6-10-20-11(25-23-10)8-5-7(15)3-4-9(8)16/h3-5H,2,6H2,1H3. The molecular weight excluding hydrogens is 398 g/mol. The molecule has 0 aliphatic carbocycles. The van der Waals surface area contributed by atoms with E-state index in [0.29, 0.717) is 5.02 Å². The highest BCUT2D eigenvalue weighted by Gasteiger charge is 2.38. The van der Waals surface area contributed by atoms with Crippen molar-refractivity contribution in [2.75, 3.05) is 0 Å². The molecule has 0 bridgehead atoms. The van der Waals surface area contributed by atoms with Gasteiger partial charge in [-0.15, -0.1) is 10.2 Å². The average Bonchev–Trinajstić information content (AvgIpc) is 3.20. The first kappa shape index (κ1) is 18.6. The summed E-state index contributed by atoms with van der Waals surface area (Å²) in [5.41, 5.74) is 0.0392. The normalized spacial score (nSPS) is 11.9. The summed E-state index contributed by atoms with van der Waals surface area (Å²) in [4.78, 5) is 4.03. The summed E-state index contributed by atoms with van der Waals surface area (Å²) in [6.45, 7) is 1.60. The topological polar surface area (TPSA) is 69.6 Å². The lowest BCUT2D eigenvalue weighted by Gasteiger charge is -2.08. The molecule has 3 rings (SSSR count). The van der Waals surface area contributed by atoms with Crippen molar-refractivity contribution in [2.24, 2.45) is 0 Å². The Hall–Kier alpha value is -2.14. The second kappa shape index (κ2) is 7.23. The molecule has 1 aromatic carbocycles. The zero-order chi connectivity index (χ0) is 18.9. The molecule has 3 aromatic rings. The predicted molar refractivity (Wildman–Crippen MR) is 85.0 cm³/mol. The number of thioether (sulfide) groups is 1. The Morgan fingerprint density at radius 2 is 2.04 bits per heavy atom. The molecule has 26 heavy (non-hydrogen) atoms. The minimum Gasteiger partial charge on any atom is -0.334 e. The summed E-state index contributed by atoms with van der Waals surface area (Å²) in [6.07, 6.45) is -4.59. The van der Waals surface area contributed by atoms with E-state index in [1.165, 1.54) is 18.2 Å². The minimum atomic E-state index is -4.59. The molecule has 0 radical (unpaired) electrons. The molecule has 2 aromatic heterocycles. The summed E-state index contributed by atoms with van der Waals surface area (Å²) in [5.74, 6) is -1.49. The summed E-state index contributed by atoms with van der Waals surface area (Å²) < 4.78 is 58.3. The summed E-state index contributed by atoms with van der Waals surface area (Å²) in [5, 5.41) is 10.8. The van der Waals surface area contributed by atoms with Gasteiger partial charge in [0.1, 0.15) is 5.82 Å². The van der Waals surface area contributed by atoms with Crippen LogP contribution in [0.4, 0.5) is 17.6 Å². The molecule has 12 heteroatoms. The Morgan fingerprint density at radius 1 is 1.27 bits per heavy atom. The highest BCUT2D eigenvalue weighted by Crippen LogP contribution is 2.31. The van der Waals surface area contributed by atoms with Crippen LogP contribution in [0.25, 0.3) is 11.5 Å². The van der Waals surface area contributed by atoms with E-state index in [1.807, 2.05) is 0 Å². The lowest BCUT2D eigenvalue weighted by molar-refractivity contribution is -0.147. The van der Waals surface area contributed by atoms with Crippen LogP contribution in [0, 0.1) is 5.82 Å². The number of hydrogen-bond acceptors (Lipinski definition) is 6. The number of alkyl halides is 3. The fraction of sp³-hybridized carbons (Fsp3) is 0.286. The van der Waals surface area contributed by atoms with Gasteiger partial charge in [0.15, 0.2) is 11.0 Å². The van der Waals surface area contributed by atoms with Crippen LogP contribution in [0.1, 0.15) is 18.6 Å². The smallest absolute Gasteiger partial charge is 0.334 e. The fourth-order valence-electron chi connectivity index (χ4n) is 2.10. The second-order valence-corrected chi connectivity index (χ2v) is 6.36. The van der Waals surface area contributed by atoms with E-state index in [1.54, 1.807) is 6.92 Å². The Morgan fingerprint density at radius 3 is 2.73 bits per heavy atom. The molecule has 0 amide bonds. The van der Waals surface area contributed by atoms with E-state index in [9.17, 15) is 17.6 Å². The molecule has 0 fully saturated rings. The van der Waals surface area contributed by atoms with Crippen LogP contribution < -0.4 is 0 Å². The van der Waals surface area contributed by atoms with Crippen molar-refractivity contribution in [3.05, 3.63) is 40.7 Å². The first-order valence-electron chi connectivity index (χ1n) is 7.20. The molecule has 0 saturated heterocycles. The Balaban J connectivity index is 1.77. The molecule has 0 spiro atoms. The van der Waals surface area contributed by atoms with E-state index in [0.717, 1.165) is 16.3 Å². The van der Waals surface area contributed by atoms with E-state index in [-0.39, 0.29) is 34.7 Å². The maximum Gasteiger partial charge on any atom is 0.451 e. The second-order valence-electron chi connectivity index (χ2n) is 4.98. The lowest BCUT2D eigenvalue weighted by Crippen LogP contribution is -2.14. The van der Waals surface area contributed by atoms with Gasteiger partial charge >= 0.3 is 6.18 Å². The Kier molecular flexibility index (Phi) is 5.19. The SMILES string of the molecule is CCn1c(SCc2noc(-c3cc(Cl)ccc3F)n2)nnc1C(F)(F)F. The molecular formula is C14H10ClF4N5OS. The van der Waals surface area contributed by atoms with Crippen LogP contribution in [-0.4, -0.2) is 24.9 Å². The van der Waals surface area contributed by atoms with Gasteiger partial charge in [-0.25, -0.2) is 4.39 Å². The van der Waals surface area contributed by atoms with E-state index in [4.69, 9.17) is 16.1 Å². The van der Waals surface area contributed by atoms with Crippen molar-refractivity contribution < 1.29 is 22.1 Å². The molecule has 6 nitrogen and oxygen atoms in total. The van der Waals surface area contributed by atoms with Gasteiger partial charge < -0.3 is 4.52 Å². The summed E-state index contributed by atoms with van der Waals surface area (Å²) in [6, 6.07) is 3.88. The van der Waals surface area contributed by atoms with E-state index >= 15 is 0 Å². The van der Waals surface area contributed by atoms with Gasteiger partial charge in [-0.1, -0.05) is 28.5 Å². The average molecular weight is 408 g/mol. The summed E-state index contributed by atoms with van der Waals surface area (Å²) >= 11 is 6.78. The number of nitrogens with zero attached hydrogens (tertiary/aromatic N) is 5. The van der Waals surface area contributed by atoms with Crippen molar-refractivity contribution in [2.45, 2.75) is 30.6 Å². The van der Waals surface area contributed by atoms with Gasteiger partial charge in [0.25, 0.3) is 5.89 Å². The number of hydrogen-bond donors (Lipinski definition) is 0. The van der Waals surface area contributed by atoms with Crippen molar-refractivity contribution in [1.29, 1.82) is 0 Å². The molecule has 0 saturated carbocycles. The first-order valence-corrected chi connectivity index (χ1v) is 8.57. The zero-order valence-electron chi connectivity index (χ0n) is 13.1. The van der Waals surface area contributed by atoms with Gasteiger partial charge in [0.05, 0.1) is 11.3 Å². The van der Waals surface area contributed by atoms with E-state index in [2.05, 4.69) is 20.3 Å². The number of halogens is 5. The molecule has 0 atom stereocenters. The van der Waals surface area contributed by atoms with Gasteiger partial charge in [0.2, 0.25) is 5.82 Å². The van der Waals surface area contributed by atoms with Gasteiger partial charge in [-0.2, -0.15) is 18.2 Å². The van der Waals surface area contributed by atoms with E-state index < -0.39 is 17.8 Å². The minimum absolute atomic E-state index is 0.0392. The van der Waals surface area contributed by atoms with Crippen molar-refractivity contribution >= 4 is 23.4 Å². The molecule has 138 valence electrons. The lowest BCUT2D eigenvalue weighted by atomic mass is 10.2. The Bertz CT molecular complexity index is 926. The van der Waals surface area contributed by atoms with Gasteiger partial charge in [-0.3, -0.25) is 4.57 Å². The molecule has 0 aliphatic heterocycles. The Labute approximate surface area is 153 Å². The van der Waals surface area contributed by atoms with Crippen molar-refractivity contribution in [3.63, 3.8) is 0 Å². The molecule has 2 heterocycles. The molecule has 0 N–H and O–H groups in total. The number of aromatic nitrogens is 5. The highest BCUT2D eigenvalue weighted by molar-refractivity contribution is 7.98. The largest absolute Gasteiger partial charge is 0.451 e. The maximum atomic E-state index is 13.8. The third kappa shape index (κ3) is 3.83. The monoisotopic (exact) mass is 407 g/mol. The first-order chi connectivity index (χ1) is 12.3. The third-order valence-electron chi connectivity index (χ3n) is 3.24. The fourth-order valence-corrected chi connectivity index (χ4v) is 3.12. The van der Waals surface area contributed by atoms with Crippen LogP contribution in [0.15, 0.2) is 27.9 Å². The molecule has 0 unspecified atom stereocenters. The van der Waals surface area contributed by atoms with Crippen molar-refractivity contribution in [1.82, 2.24) is 24.9 Å². The van der Waals surface area contributed by atoms with Crippen molar-refractivity contribution in [3.8, 4) is 11.5 Å². The highest BCUT2D eigenvalue weighted by atomic mass is 35.5. The van der Waals surface area contributed by atoms with Gasteiger partial charge in [0, 0.05) is 11.6 Å². The third-order valence-corrected chi connectivity index (χ3v) is 4.44. The predicted octanol–water partition coefficient (Wildman–Crippen LogP) is 4.45. The zero-order valence-corrected chi connectivity index (χ0v) is 14.7. The quantitative estimate of drug-likeness (QED) is 0.459. The van der Waals surface area contributed by atoms with Gasteiger partial charge in [-0.05, 0) is 25.1 Å². The van der Waals surface area contributed by atoms with Crippen LogP contribution in [0.5, 0.6) is 0 Å². The van der Waals surface area contributed by atoms with Crippen LogP contribution in [-0.2, 0) is 18.5 Å². The number of rotatable bonds is 5. The number of benzene rings is 1. The molecule has 0 aliphatic rings. The summed E-state index contributed by atoms with van der Waals surface area (Å²) in [7, 11) is 0. The maximum absolute atomic E-state index is 13.8. The van der Waals surface area contributed by atoms with Crippen LogP contribution in [0.3, 0.4) is 0 Å². The van der Waals surface area contributed by atoms with Crippen LogP contribution >= 0.6 is 23.4 Å².